The lowest BCUT2D eigenvalue weighted by molar-refractivity contribution is 0.310. The van der Waals surface area contributed by atoms with E-state index in [1.807, 2.05) is 20.2 Å². The normalized spacial score (nSPS) is 13.5. The highest BCUT2D eigenvalue weighted by atomic mass is 16.5. The first-order valence-electron chi connectivity index (χ1n) is 6.39. The topological polar surface area (TPSA) is 33.3 Å². The standard InChI is InChI=1S/C15H26N2O/c1-10-11(2)13(18-7)9-8-12(10)14(16-5)15(3,4)17-6/h8-9,14,16-17H,1-7H3. The lowest BCUT2D eigenvalue weighted by Gasteiger charge is -2.35. The molecule has 1 unspecified atom stereocenters. The van der Waals surface area contributed by atoms with Crippen molar-refractivity contribution in [1.29, 1.82) is 0 Å². The summed E-state index contributed by atoms with van der Waals surface area (Å²) in [5, 5.41) is 6.78. The molecule has 0 aromatic heterocycles. The molecule has 0 fully saturated rings. The molecule has 0 radical (unpaired) electrons. The van der Waals surface area contributed by atoms with Crippen molar-refractivity contribution in [2.24, 2.45) is 0 Å². The summed E-state index contributed by atoms with van der Waals surface area (Å²) in [6.45, 7) is 8.67. The summed E-state index contributed by atoms with van der Waals surface area (Å²) < 4.78 is 5.37. The highest BCUT2D eigenvalue weighted by Gasteiger charge is 2.29. The minimum Gasteiger partial charge on any atom is -0.496 e. The molecular weight excluding hydrogens is 224 g/mol. The molecule has 102 valence electrons. The van der Waals surface area contributed by atoms with Gasteiger partial charge in [-0.05, 0) is 64.5 Å². The molecule has 0 aliphatic rings. The third-order valence-electron chi connectivity index (χ3n) is 3.96. The lowest BCUT2D eigenvalue weighted by Crippen LogP contribution is -2.47. The molecule has 2 N–H and O–H groups in total. The van der Waals surface area contributed by atoms with E-state index in [0.29, 0.717) is 0 Å². The molecule has 0 spiro atoms. The molecule has 1 rings (SSSR count). The highest BCUT2D eigenvalue weighted by molar-refractivity contribution is 5.45. The van der Waals surface area contributed by atoms with Crippen LogP contribution in [0.5, 0.6) is 5.75 Å². The summed E-state index contributed by atoms with van der Waals surface area (Å²) in [6, 6.07) is 4.46. The van der Waals surface area contributed by atoms with Gasteiger partial charge in [0.05, 0.1) is 7.11 Å². The Morgan fingerprint density at radius 2 is 1.72 bits per heavy atom. The maximum Gasteiger partial charge on any atom is 0.122 e. The molecular formula is C15H26N2O. The van der Waals surface area contributed by atoms with Crippen LogP contribution in [-0.4, -0.2) is 26.7 Å². The molecule has 1 atom stereocenters. The molecule has 0 aliphatic heterocycles. The Kier molecular flexibility index (Phi) is 4.77. The van der Waals surface area contributed by atoms with Crippen molar-refractivity contribution in [2.75, 3.05) is 21.2 Å². The molecule has 18 heavy (non-hydrogen) atoms. The lowest BCUT2D eigenvalue weighted by atomic mass is 9.85. The van der Waals surface area contributed by atoms with E-state index in [4.69, 9.17) is 4.74 Å². The monoisotopic (exact) mass is 250 g/mol. The molecule has 3 nitrogen and oxygen atoms in total. The SMILES string of the molecule is CNC(c1ccc(OC)c(C)c1C)C(C)(C)NC. The Bertz CT molecular complexity index is 413. The number of nitrogens with one attached hydrogen (secondary N) is 2. The van der Waals surface area contributed by atoms with Crippen LogP contribution in [0.25, 0.3) is 0 Å². The Labute approximate surface area is 111 Å². The van der Waals surface area contributed by atoms with Crippen molar-refractivity contribution < 1.29 is 4.74 Å². The van der Waals surface area contributed by atoms with Crippen molar-refractivity contribution >= 4 is 0 Å². The van der Waals surface area contributed by atoms with E-state index in [9.17, 15) is 0 Å². The second kappa shape index (κ2) is 5.72. The van der Waals surface area contributed by atoms with Crippen LogP contribution in [0.2, 0.25) is 0 Å². The summed E-state index contributed by atoms with van der Waals surface area (Å²) >= 11 is 0. The van der Waals surface area contributed by atoms with Gasteiger partial charge in [0, 0.05) is 11.6 Å². The quantitative estimate of drug-likeness (QED) is 0.842. The van der Waals surface area contributed by atoms with E-state index in [2.05, 4.69) is 44.4 Å². The van der Waals surface area contributed by atoms with Gasteiger partial charge in [0.15, 0.2) is 0 Å². The van der Waals surface area contributed by atoms with E-state index >= 15 is 0 Å². The van der Waals surface area contributed by atoms with Crippen molar-refractivity contribution in [1.82, 2.24) is 10.6 Å². The molecule has 0 heterocycles. The highest BCUT2D eigenvalue weighted by Crippen LogP contribution is 2.32. The first kappa shape index (κ1) is 15.0. The van der Waals surface area contributed by atoms with Gasteiger partial charge in [0.2, 0.25) is 0 Å². The van der Waals surface area contributed by atoms with Gasteiger partial charge in [-0.15, -0.1) is 0 Å². The van der Waals surface area contributed by atoms with Gasteiger partial charge >= 0.3 is 0 Å². The molecule has 0 amide bonds. The Morgan fingerprint density at radius 3 is 2.17 bits per heavy atom. The molecule has 3 heteroatoms. The van der Waals surface area contributed by atoms with Crippen LogP contribution in [0.1, 0.15) is 36.6 Å². The number of rotatable bonds is 5. The Balaban J connectivity index is 3.28. The fraction of sp³-hybridized carbons (Fsp3) is 0.600. The maximum atomic E-state index is 5.37. The van der Waals surface area contributed by atoms with Crippen molar-refractivity contribution in [3.8, 4) is 5.75 Å². The smallest absolute Gasteiger partial charge is 0.122 e. The van der Waals surface area contributed by atoms with Gasteiger partial charge in [-0.3, -0.25) is 0 Å². The molecule has 1 aromatic carbocycles. The average molecular weight is 250 g/mol. The van der Waals surface area contributed by atoms with E-state index in [0.717, 1.165) is 5.75 Å². The van der Waals surface area contributed by atoms with Crippen LogP contribution in [0.3, 0.4) is 0 Å². The summed E-state index contributed by atoms with van der Waals surface area (Å²) in [4.78, 5) is 0. The molecule has 1 aromatic rings. The van der Waals surface area contributed by atoms with Crippen molar-refractivity contribution in [2.45, 2.75) is 39.3 Å². The predicted octanol–water partition coefficient (Wildman–Crippen LogP) is 2.57. The first-order chi connectivity index (χ1) is 8.38. The van der Waals surface area contributed by atoms with Gasteiger partial charge in [0.25, 0.3) is 0 Å². The van der Waals surface area contributed by atoms with Gasteiger partial charge in [-0.25, -0.2) is 0 Å². The van der Waals surface area contributed by atoms with Crippen LogP contribution < -0.4 is 15.4 Å². The third-order valence-corrected chi connectivity index (χ3v) is 3.96. The zero-order chi connectivity index (χ0) is 13.9. The summed E-state index contributed by atoms with van der Waals surface area (Å²) in [5.41, 5.74) is 3.80. The third kappa shape index (κ3) is 2.68. The number of ether oxygens (including phenoxy) is 1. The number of hydrogen-bond donors (Lipinski definition) is 2. The number of benzene rings is 1. The second-order valence-corrected chi connectivity index (χ2v) is 5.30. The zero-order valence-electron chi connectivity index (χ0n) is 12.6. The van der Waals surface area contributed by atoms with Gasteiger partial charge in [-0.2, -0.15) is 0 Å². The largest absolute Gasteiger partial charge is 0.496 e. The minimum absolute atomic E-state index is 0.0134. The van der Waals surface area contributed by atoms with Crippen LogP contribution in [0, 0.1) is 13.8 Å². The minimum atomic E-state index is -0.0134. The number of hydrogen-bond acceptors (Lipinski definition) is 3. The van der Waals surface area contributed by atoms with Gasteiger partial charge < -0.3 is 15.4 Å². The summed E-state index contributed by atoms with van der Waals surface area (Å²) in [5.74, 6) is 0.952. The van der Waals surface area contributed by atoms with E-state index < -0.39 is 0 Å². The zero-order valence-corrected chi connectivity index (χ0v) is 12.6. The second-order valence-electron chi connectivity index (χ2n) is 5.30. The fourth-order valence-corrected chi connectivity index (χ4v) is 2.40. The van der Waals surface area contributed by atoms with Crippen LogP contribution >= 0.6 is 0 Å². The Morgan fingerprint density at radius 1 is 1.11 bits per heavy atom. The number of methoxy groups -OCH3 is 1. The summed E-state index contributed by atoms with van der Waals surface area (Å²) in [7, 11) is 5.72. The first-order valence-corrected chi connectivity index (χ1v) is 6.39. The Hall–Kier alpha value is -1.06. The van der Waals surface area contributed by atoms with Crippen molar-refractivity contribution in [3.05, 3.63) is 28.8 Å². The average Bonchev–Trinajstić information content (AvgIpc) is 2.35. The van der Waals surface area contributed by atoms with E-state index in [1.54, 1.807) is 7.11 Å². The molecule has 0 saturated heterocycles. The number of likely N-dealkylation sites (N-methyl/N-ethyl adjacent to an activating group) is 2. The van der Waals surface area contributed by atoms with Crippen LogP contribution in [0.4, 0.5) is 0 Å². The van der Waals surface area contributed by atoms with Crippen molar-refractivity contribution in [3.63, 3.8) is 0 Å². The van der Waals surface area contributed by atoms with Gasteiger partial charge in [-0.1, -0.05) is 6.07 Å². The molecule has 0 saturated carbocycles. The van der Waals surface area contributed by atoms with Gasteiger partial charge in [0.1, 0.15) is 5.75 Å². The predicted molar refractivity (Wildman–Crippen MR) is 77.4 cm³/mol. The van der Waals surface area contributed by atoms with Crippen LogP contribution in [-0.2, 0) is 0 Å². The van der Waals surface area contributed by atoms with E-state index in [1.165, 1.54) is 16.7 Å². The van der Waals surface area contributed by atoms with Crippen LogP contribution in [0.15, 0.2) is 12.1 Å². The fourth-order valence-electron chi connectivity index (χ4n) is 2.40. The maximum absolute atomic E-state index is 5.37. The molecule has 0 aliphatic carbocycles. The van der Waals surface area contributed by atoms with E-state index in [-0.39, 0.29) is 11.6 Å². The molecule has 0 bridgehead atoms. The summed E-state index contributed by atoms with van der Waals surface area (Å²) in [6.07, 6.45) is 0.